The van der Waals surface area contributed by atoms with Crippen LogP contribution >= 0.6 is 0 Å². The molecule has 0 aliphatic heterocycles. The third-order valence-electron chi connectivity index (χ3n) is 6.26. The van der Waals surface area contributed by atoms with Gasteiger partial charge < -0.3 is 0 Å². The van der Waals surface area contributed by atoms with Crippen LogP contribution in [-0.4, -0.2) is 36.4 Å². The summed E-state index contributed by atoms with van der Waals surface area (Å²) in [5.74, 6) is 0.622. The third kappa shape index (κ3) is 5.78. The molecule has 0 atom stereocenters. The highest BCUT2D eigenvalue weighted by Gasteiger charge is 2.25. The number of nitrogens with zero attached hydrogens (tertiary/aromatic N) is 3. The second-order valence-electron chi connectivity index (χ2n) is 8.29. The van der Waals surface area contributed by atoms with E-state index < -0.39 is 14.9 Å². The maximum absolute atomic E-state index is 12.7. The number of benzene rings is 2. The van der Waals surface area contributed by atoms with Crippen molar-refractivity contribution in [2.24, 2.45) is 5.10 Å². The third-order valence-corrected chi connectivity index (χ3v) is 8.30. The molecule has 3 rings (SSSR count). The number of hydrogen-bond donors (Lipinski definition) is 1. The van der Waals surface area contributed by atoms with Crippen molar-refractivity contribution < 1.29 is 13.3 Å². The van der Waals surface area contributed by atoms with E-state index in [0.29, 0.717) is 11.6 Å². The Labute approximate surface area is 195 Å². The highest BCUT2D eigenvalue weighted by molar-refractivity contribution is 7.89. The quantitative estimate of drug-likeness (QED) is 0.294. The second-order valence-corrected chi connectivity index (χ2v) is 10.2. The first-order valence-electron chi connectivity index (χ1n) is 11.5. The molecule has 1 aliphatic carbocycles. The smallest absolute Gasteiger partial charge is 0.271 e. The first-order valence-corrected chi connectivity index (χ1v) is 12.9. The van der Waals surface area contributed by atoms with Gasteiger partial charge in [-0.05, 0) is 48.9 Å². The summed E-state index contributed by atoms with van der Waals surface area (Å²) in [5.41, 5.74) is 5.49. The molecule has 1 aliphatic rings. The topological polar surface area (TPSA) is 105 Å². The average Bonchev–Trinajstić information content (AvgIpc) is 2.83. The first-order chi connectivity index (χ1) is 15.8. The minimum Gasteiger partial charge on any atom is -0.271 e. The van der Waals surface area contributed by atoms with Crippen LogP contribution in [0.3, 0.4) is 0 Å². The van der Waals surface area contributed by atoms with Gasteiger partial charge in [0.25, 0.3) is 5.69 Å². The van der Waals surface area contributed by atoms with E-state index in [1.165, 1.54) is 54.1 Å². The fourth-order valence-corrected chi connectivity index (χ4v) is 5.75. The average molecular weight is 473 g/mol. The van der Waals surface area contributed by atoms with E-state index in [0.717, 1.165) is 11.6 Å². The maximum Gasteiger partial charge on any atom is 0.295 e. The van der Waals surface area contributed by atoms with Crippen molar-refractivity contribution in [1.29, 1.82) is 0 Å². The van der Waals surface area contributed by atoms with Crippen LogP contribution in [0.1, 0.15) is 69.9 Å². The van der Waals surface area contributed by atoms with Crippen LogP contribution in [0.4, 0.5) is 11.4 Å². The molecule has 0 aromatic heterocycles. The zero-order valence-corrected chi connectivity index (χ0v) is 20.3. The Morgan fingerprint density at radius 1 is 1.09 bits per heavy atom. The van der Waals surface area contributed by atoms with Gasteiger partial charge in [-0.1, -0.05) is 57.4 Å². The van der Waals surface area contributed by atoms with Crippen LogP contribution in [0.15, 0.2) is 52.5 Å². The normalized spacial score (nSPS) is 15.6. The summed E-state index contributed by atoms with van der Waals surface area (Å²) in [4.78, 5) is 10.9. The van der Waals surface area contributed by atoms with Crippen molar-refractivity contribution in [2.75, 3.05) is 18.5 Å². The van der Waals surface area contributed by atoms with Crippen molar-refractivity contribution in [3.05, 3.63) is 63.7 Å². The van der Waals surface area contributed by atoms with Crippen LogP contribution in [0.2, 0.25) is 0 Å². The Morgan fingerprint density at radius 3 is 2.30 bits per heavy atom. The summed E-state index contributed by atoms with van der Waals surface area (Å²) in [6, 6.07) is 12.2. The lowest BCUT2D eigenvalue weighted by Gasteiger charge is -2.22. The summed E-state index contributed by atoms with van der Waals surface area (Å²) in [7, 11) is -3.80. The Bertz CT molecular complexity index is 1100. The van der Waals surface area contributed by atoms with E-state index in [2.05, 4.69) is 22.7 Å². The molecule has 1 saturated carbocycles. The standard InChI is InChI=1S/C24H32N4O4S/c1-4-27(5-2)33(31,32)22-15-16-23(24(17-22)28(29)30)26-25-18(3)19-11-13-21(14-12-19)20-9-7-6-8-10-20/h11-17,20,26H,4-10H2,1-3H3. The summed E-state index contributed by atoms with van der Waals surface area (Å²) in [5, 5.41) is 15.9. The number of hydrazone groups is 1. The van der Waals surface area contributed by atoms with Crippen LogP contribution in [0, 0.1) is 10.1 Å². The monoisotopic (exact) mass is 472 g/mol. The molecule has 0 amide bonds. The van der Waals surface area contributed by atoms with Gasteiger partial charge >= 0.3 is 0 Å². The maximum atomic E-state index is 12.7. The Morgan fingerprint density at radius 2 is 1.73 bits per heavy atom. The largest absolute Gasteiger partial charge is 0.295 e. The van der Waals surface area contributed by atoms with Gasteiger partial charge in [-0.3, -0.25) is 15.5 Å². The SMILES string of the molecule is CCN(CC)S(=O)(=O)c1ccc(NN=C(C)c2ccc(C3CCCCC3)cc2)c([N+](=O)[O-])c1. The number of nitro benzene ring substituents is 1. The number of sulfonamides is 1. The zero-order valence-electron chi connectivity index (χ0n) is 19.5. The summed E-state index contributed by atoms with van der Waals surface area (Å²) in [6.07, 6.45) is 6.35. The molecule has 1 N–H and O–H groups in total. The second kappa shape index (κ2) is 10.9. The molecule has 0 unspecified atom stereocenters. The van der Waals surface area contributed by atoms with Gasteiger partial charge in [-0.15, -0.1) is 0 Å². The summed E-state index contributed by atoms with van der Waals surface area (Å²) < 4.78 is 26.7. The molecule has 33 heavy (non-hydrogen) atoms. The highest BCUT2D eigenvalue weighted by Crippen LogP contribution is 2.33. The molecule has 0 bridgehead atoms. The van der Waals surface area contributed by atoms with Gasteiger partial charge in [0.2, 0.25) is 10.0 Å². The number of hydrogen-bond acceptors (Lipinski definition) is 6. The van der Waals surface area contributed by atoms with Gasteiger partial charge in [-0.25, -0.2) is 8.42 Å². The lowest BCUT2D eigenvalue weighted by Crippen LogP contribution is -2.30. The van der Waals surface area contributed by atoms with E-state index in [-0.39, 0.29) is 29.4 Å². The van der Waals surface area contributed by atoms with Crippen molar-refractivity contribution in [1.82, 2.24) is 4.31 Å². The predicted molar refractivity (Wildman–Crippen MR) is 131 cm³/mol. The van der Waals surface area contributed by atoms with Crippen molar-refractivity contribution in [2.45, 2.75) is 63.7 Å². The minimum atomic E-state index is -3.80. The van der Waals surface area contributed by atoms with Crippen molar-refractivity contribution in [3.63, 3.8) is 0 Å². The van der Waals surface area contributed by atoms with Gasteiger partial charge in [0.1, 0.15) is 5.69 Å². The summed E-state index contributed by atoms with van der Waals surface area (Å²) >= 11 is 0. The van der Waals surface area contributed by atoms with E-state index in [1.54, 1.807) is 13.8 Å². The van der Waals surface area contributed by atoms with Crippen molar-refractivity contribution in [3.8, 4) is 0 Å². The Hall–Kier alpha value is -2.78. The van der Waals surface area contributed by atoms with Gasteiger partial charge in [0, 0.05) is 19.2 Å². The van der Waals surface area contributed by atoms with E-state index in [1.807, 2.05) is 19.1 Å². The molecular formula is C24H32N4O4S. The molecular weight excluding hydrogens is 440 g/mol. The molecule has 1 fully saturated rings. The molecule has 9 heteroatoms. The molecule has 8 nitrogen and oxygen atoms in total. The van der Waals surface area contributed by atoms with Crippen LogP contribution in [0.25, 0.3) is 0 Å². The molecule has 0 radical (unpaired) electrons. The van der Waals surface area contributed by atoms with Gasteiger partial charge in [0.15, 0.2) is 0 Å². The molecule has 2 aromatic rings. The molecule has 178 valence electrons. The van der Waals surface area contributed by atoms with Crippen LogP contribution < -0.4 is 5.43 Å². The molecule has 0 spiro atoms. The fourth-order valence-electron chi connectivity index (χ4n) is 4.27. The molecule has 0 saturated heterocycles. The number of nitrogens with one attached hydrogen (secondary N) is 1. The fraction of sp³-hybridized carbons (Fsp3) is 0.458. The first kappa shape index (κ1) is 24.9. The summed E-state index contributed by atoms with van der Waals surface area (Å²) in [6.45, 7) is 5.86. The van der Waals surface area contributed by atoms with Crippen LogP contribution in [0.5, 0.6) is 0 Å². The lowest BCUT2D eigenvalue weighted by atomic mass is 9.84. The number of nitro groups is 1. The molecule has 0 heterocycles. The van der Waals surface area contributed by atoms with Gasteiger partial charge in [0.05, 0.1) is 15.5 Å². The molecule has 2 aromatic carbocycles. The van der Waals surface area contributed by atoms with E-state index in [9.17, 15) is 18.5 Å². The zero-order chi connectivity index (χ0) is 24.0. The van der Waals surface area contributed by atoms with Crippen LogP contribution in [-0.2, 0) is 10.0 Å². The van der Waals surface area contributed by atoms with E-state index in [4.69, 9.17) is 0 Å². The number of rotatable bonds is 9. The lowest BCUT2D eigenvalue weighted by molar-refractivity contribution is -0.384. The minimum absolute atomic E-state index is 0.109. The highest BCUT2D eigenvalue weighted by atomic mass is 32.2. The predicted octanol–water partition coefficient (Wildman–Crippen LogP) is 5.51. The number of anilines is 1. The van der Waals surface area contributed by atoms with Crippen molar-refractivity contribution >= 4 is 27.1 Å². The van der Waals surface area contributed by atoms with E-state index >= 15 is 0 Å². The Balaban J connectivity index is 1.80. The van der Waals surface area contributed by atoms with Gasteiger partial charge in [-0.2, -0.15) is 9.41 Å². The Kier molecular flexibility index (Phi) is 8.20.